The van der Waals surface area contributed by atoms with Crippen LogP contribution in [0.1, 0.15) is 26.4 Å². The SMILES string of the molecule is CN(c1ccccc1-c1ccc2c(c1)Nc1cc(C(=O)NCCc3ccccn3)ccc1NC2=O)S(C)(=O)=O. The molecule has 0 spiro atoms. The number of benzene rings is 3. The topological polar surface area (TPSA) is 120 Å². The minimum atomic E-state index is -3.48. The van der Waals surface area contributed by atoms with Gasteiger partial charge in [-0.05, 0) is 54.1 Å². The number of pyridine rings is 1. The molecule has 2 amide bonds. The Morgan fingerprint density at radius 2 is 1.69 bits per heavy atom. The quantitative estimate of drug-likeness (QED) is 0.318. The second-order valence-electron chi connectivity index (χ2n) is 9.17. The number of rotatable bonds is 7. The number of carbonyl (C=O) groups is 2. The van der Waals surface area contributed by atoms with Gasteiger partial charge in [-0.3, -0.25) is 18.9 Å². The molecule has 0 atom stereocenters. The molecule has 0 bridgehead atoms. The van der Waals surface area contributed by atoms with Gasteiger partial charge in [0.2, 0.25) is 10.0 Å². The highest BCUT2D eigenvalue weighted by Crippen LogP contribution is 2.37. The number of amides is 2. The normalized spacial score (nSPS) is 12.3. The van der Waals surface area contributed by atoms with Crippen LogP contribution in [0.4, 0.5) is 22.7 Å². The van der Waals surface area contributed by atoms with Crippen molar-refractivity contribution in [2.45, 2.75) is 6.42 Å². The molecule has 198 valence electrons. The van der Waals surface area contributed by atoms with Crippen molar-refractivity contribution < 1.29 is 18.0 Å². The van der Waals surface area contributed by atoms with Crippen molar-refractivity contribution in [1.82, 2.24) is 10.3 Å². The molecular formula is C29H27N5O4S. The van der Waals surface area contributed by atoms with Crippen molar-refractivity contribution >= 4 is 44.6 Å². The van der Waals surface area contributed by atoms with E-state index in [4.69, 9.17) is 0 Å². The van der Waals surface area contributed by atoms with E-state index >= 15 is 0 Å². The Bertz CT molecular complexity index is 1670. The van der Waals surface area contributed by atoms with Crippen LogP contribution in [0.2, 0.25) is 0 Å². The van der Waals surface area contributed by atoms with E-state index in [1.54, 1.807) is 54.7 Å². The Balaban J connectivity index is 1.42. The summed E-state index contributed by atoms with van der Waals surface area (Å²) in [5, 5.41) is 9.09. The molecule has 1 aromatic heterocycles. The summed E-state index contributed by atoms with van der Waals surface area (Å²) in [7, 11) is -1.98. The van der Waals surface area contributed by atoms with Gasteiger partial charge in [0.25, 0.3) is 11.8 Å². The zero-order chi connectivity index (χ0) is 27.6. The number of anilines is 4. The molecule has 3 N–H and O–H groups in total. The molecule has 9 nitrogen and oxygen atoms in total. The third-order valence-corrected chi connectivity index (χ3v) is 7.70. The fourth-order valence-corrected chi connectivity index (χ4v) is 4.89. The van der Waals surface area contributed by atoms with Crippen LogP contribution in [0.15, 0.2) is 85.1 Å². The van der Waals surface area contributed by atoms with E-state index < -0.39 is 10.0 Å². The van der Waals surface area contributed by atoms with Gasteiger partial charge in [-0.25, -0.2) is 8.42 Å². The fraction of sp³-hybridized carbons (Fsp3) is 0.138. The lowest BCUT2D eigenvalue weighted by molar-refractivity contribution is 0.0953. The lowest BCUT2D eigenvalue weighted by Gasteiger charge is -2.21. The Morgan fingerprint density at radius 3 is 2.46 bits per heavy atom. The molecule has 39 heavy (non-hydrogen) atoms. The van der Waals surface area contributed by atoms with Gasteiger partial charge in [0, 0.05) is 43.0 Å². The maximum atomic E-state index is 13.0. The molecule has 0 fully saturated rings. The summed E-state index contributed by atoms with van der Waals surface area (Å²) in [5.74, 6) is -0.533. The predicted octanol–water partition coefficient (Wildman–Crippen LogP) is 4.43. The molecule has 1 aliphatic heterocycles. The molecule has 3 aromatic carbocycles. The molecule has 0 saturated heterocycles. The zero-order valence-electron chi connectivity index (χ0n) is 21.4. The highest BCUT2D eigenvalue weighted by molar-refractivity contribution is 7.92. The van der Waals surface area contributed by atoms with Crippen LogP contribution in [0.25, 0.3) is 11.1 Å². The van der Waals surface area contributed by atoms with Gasteiger partial charge in [0.15, 0.2) is 0 Å². The lowest BCUT2D eigenvalue weighted by atomic mass is 10.0. The van der Waals surface area contributed by atoms with Crippen LogP contribution < -0.4 is 20.3 Å². The lowest BCUT2D eigenvalue weighted by Crippen LogP contribution is -2.26. The first-order chi connectivity index (χ1) is 18.7. The fourth-order valence-electron chi connectivity index (χ4n) is 4.37. The van der Waals surface area contributed by atoms with Gasteiger partial charge in [-0.15, -0.1) is 0 Å². The molecule has 10 heteroatoms. The molecule has 4 aromatic rings. The molecule has 0 saturated carbocycles. The summed E-state index contributed by atoms with van der Waals surface area (Å²) in [5.41, 5.74) is 5.34. The van der Waals surface area contributed by atoms with Crippen molar-refractivity contribution in [3.05, 3.63) is 102 Å². The summed E-state index contributed by atoms with van der Waals surface area (Å²) >= 11 is 0. The van der Waals surface area contributed by atoms with Crippen molar-refractivity contribution in [2.75, 3.05) is 34.8 Å². The predicted molar refractivity (Wildman–Crippen MR) is 153 cm³/mol. The van der Waals surface area contributed by atoms with E-state index in [2.05, 4.69) is 20.9 Å². The summed E-state index contributed by atoms with van der Waals surface area (Å²) in [6.45, 7) is 0.435. The smallest absolute Gasteiger partial charge is 0.257 e. The van der Waals surface area contributed by atoms with E-state index in [9.17, 15) is 18.0 Å². The molecule has 0 unspecified atom stereocenters. The highest BCUT2D eigenvalue weighted by atomic mass is 32.2. The van der Waals surface area contributed by atoms with Crippen molar-refractivity contribution in [3.63, 3.8) is 0 Å². The number of fused-ring (bicyclic) bond motifs is 2. The molecule has 1 aliphatic rings. The second kappa shape index (κ2) is 10.6. The number of sulfonamides is 1. The maximum absolute atomic E-state index is 13.0. The summed E-state index contributed by atoms with van der Waals surface area (Å²) < 4.78 is 25.7. The van der Waals surface area contributed by atoms with E-state index in [0.717, 1.165) is 17.5 Å². The molecule has 2 heterocycles. The first-order valence-corrected chi connectivity index (χ1v) is 14.1. The van der Waals surface area contributed by atoms with Crippen LogP contribution in [-0.2, 0) is 16.4 Å². The third-order valence-electron chi connectivity index (χ3n) is 6.51. The minimum absolute atomic E-state index is 0.238. The largest absolute Gasteiger partial charge is 0.353 e. The van der Waals surface area contributed by atoms with Crippen LogP contribution in [0.5, 0.6) is 0 Å². The van der Waals surface area contributed by atoms with Crippen LogP contribution in [0.3, 0.4) is 0 Å². The number of aromatic nitrogens is 1. The Kier molecular flexibility index (Phi) is 7.03. The van der Waals surface area contributed by atoms with Crippen molar-refractivity contribution in [3.8, 4) is 11.1 Å². The average molecular weight is 542 g/mol. The Hall–Kier alpha value is -4.70. The number of carbonyl (C=O) groups excluding carboxylic acids is 2. The number of hydrogen-bond donors (Lipinski definition) is 3. The highest BCUT2D eigenvalue weighted by Gasteiger charge is 2.22. The number of nitrogens with one attached hydrogen (secondary N) is 3. The van der Waals surface area contributed by atoms with Gasteiger partial charge in [0.1, 0.15) is 0 Å². The Morgan fingerprint density at radius 1 is 0.897 bits per heavy atom. The maximum Gasteiger partial charge on any atom is 0.257 e. The number of nitrogens with zero attached hydrogens (tertiary/aromatic N) is 2. The van der Waals surface area contributed by atoms with Gasteiger partial charge in [-0.2, -0.15) is 0 Å². The first kappa shape index (κ1) is 25.9. The zero-order valence-corrected chi connectivity index (χ0v) is 22.2. The number of para-hydroxylation sites is 1. The minimum Gasteiger partial charge on any atom is -0.353 e. The molecule has 0 radical (unpaired) electrons. The number of hydrogen-bond acceptors (Lipinski definition) is 6. The van der Waals surface area contributed by atoms with Crippen LogP contribution >= 0.6 is 0 Å². The van der Waals surface area contributed by atoms with E-state index in [0.29, 0.717) is 52.4 Å². The first-order valence-electron chi connectivity index (χ1n) is 12.3. The average Bonchev–Trinajstić information content (AvgIpc) is 3.07. The van der Waals surface area contributed by atoms with Crippen LogP contribution in [-0.4, -0.2) is 45.1 Å². The van der Waals surface area contributed by atoms with E-state index in [-0.39, 0.29) is 11.8 Å². The summed E-state index contributed by atoms with van der Waals surface area (Å²) in [6, 6.07) is 23.2. The Labute approximate surface area is 226 Å². The van der Waals surface area contributed by atoms with Crippen LogP contribution in [0, 0.1) is 0 Å². The van der Waals surface area contributed by atoms with Gasteiger partial charge in [-0.1, -0.05) is 30.3 Å². The van der Waals surface area contributed by atoms with E-state index in [1.165, 1.54) is 11.4 Å². The van der Waals surface area contributed by atoms with Crippen molar-refractivity contribution in [1.29, 1.82) is 0 Å². The standard InChI is InChI=1S/C29H27N5O4S/c1-34(39(2,37)38)27-9-4-3-8-22(27)19-10-12-23-25(17-19)32-26-18-20(11-13-24(26)33-29(23)36)28(35)31-16-14-21-7-5-6-15-30-21/h3-13,15,17-18,32H,14,16H2,1-2H3,(H,31,35)(H,33,36). The van der Waals surface area contributed by atoms with E-state index in [1.807, 2.05) is 30.3 Å². The van der Waals surface area contributed by atoms with Gasteiger partial charge >= 0.3 is 0 Å². The molecule has 0 aliphatic carbocycles. The van der Waals surface area contributed by atoms with Crippen molar-refractivity contribution in [2.24, 2.45) is 0 Å². The third kappa shape index (κ3) is 5.60. The summed E-state index contributed by atoms with van der Waals surface area (Å²) in [4.78, 5) is 30.1. The second-order valence-corrected chi connectivity index (χ2v) is 11.2. The summed E-state index contributed by atoms with van der Waals surface area (Å²) in [6.07, 6.45) is 3.48. The van der Waals surface area contributed by atoms with Gasteiger partial charge in [0.05, 0.1) is 34.6 Å². The molecular weight excluding hydrogens is 514 g/mol. The van der Waals surface area contributed by atoms with Gasteiger partial charge < -0.3 is 16.0 Å². The monoisotopic (exact) mass is 541 g/mol. The molecule has 5 rings (SSSR count).